The van der Waals surface area contributed by atoms with E-state index in [9.17, 15) is 9.90 Å². The van der Waals surface area contributed by atoms with E-state index in [0.717, 1.165) is 16.3 Å². The maximum Gasteiger partial charge on any atom is 0.311 e. The number of carbonyl (C=O) groups excluding carboxylic acids is 1. The van der Waals surface area contributed by atoms with E-state index < -0.39 is 12.0 Å². The predicted octanol–water partition coefficient (Wildman–Crippen LogP) is 3.46. The molecule has 20 heavy (non-hydrogen) atoms. The Labute approximate surface area is 119 Å². The zero-order valence-electron chi connectivity index (χ0n) is 11.9. The molecule has 0 heterocycles. The van der Waals surface area contributed by atoms with E-state index in [0.29, 0.717) is 13.0 Å². The second-order valence-electron chi connectivity index (χ2n) is 4.78. The highest BCUT2D eigenvalue weighted by Crippen LogP contribution is 2.31. The molecule has 0 saturated heterocycles. The van der Waals surface area contributed by atoms with E-state index in [1.165, 1.54) is 0 Å². The summed E-state index contributed by atoms with van der Waals surface area (Å²) in [6, 6.07) is 13.6. The Morgan fingerprint density at radius 2 is 1.85 bits per heavy atom. The fourth-order valence-electron chi connectivity index (χ4n) is 2.49. The number of ether oxygens (including phenoxy) is 1. The Morgan fingerprint density at radius 3 is 2.55 bits per heavy atom. The Kier molecular flexibility index (Phi) is 4.74. The van der Waals surface area contributed by atoms with Crippen molar-refractivity contribution in [2.24, 2.45) is 5.92 Å². The molecule has 0 aliphatic rings. The minimum Gasteiger partial charge on any atom is -0.466 e. The Balaban J connectivity index is 2.39. The van der Waals surface area contributed by atoms with E-state index in [2.05, 4.69) is 0 Å². The van der Waals surface area contributed by atoms with Crippen LogP contribution in [0.15, 0.2) is 42.5 Å². The van der Waals surface area contributed by atoms with Gasteiger partial charge in [-0.05, 0) is 29.7 Å². The second-order valence-corrected chi connectivity index (χ2v) is 4.78. The van der Waals surface area contributed by atoms with Gasteiger partial charge in [-0.25, -0.2) is 0 Å². The molecule has 0 fully saturated rings. The highest BCUT2D eigenvalue weighted by molar-refractivity contribution is 5.86. The smallest absolute Gasteiger partial charge is 0.311 e. The van der Waals surface area contributed by atoms with Gasteiger partial charge in [-0.1, -0.05) is 49.4 Å². The van der Waals surface area contributed by atoms with Crippen LogP contribution in [0.5, 0.6) is 0 Å². The van der Waals surface area contributed by atoms with Crippen LogP contribution in [0.4, 0.5) is 0 Å². The van der Waals surface area contributed by atoms with Gasteiger partial charge in [-0.2, -0.15) is 0 Å². The number of hydrogen-bond donors (Lipinski definition) is 1. The first kappa shape index (κ1) is 14.5. The van der Waals surface area contributed by atoms with Gasteiger partial charge in [0.05, 0.1) is 18.6 Å². The monoisotopic (exact) mass is 272 g/mol. The highest BCUT2D eigenvalue weighted by Gasteiger charge is 2.28. The van der Waals surface area contributed by atoms with Crippen molar-refractivity contribution in [3.8, 4) is 0 Å². The summed E-state index contributed by atoms with van der Waals surface area (Å²) in [5.74, 6) is -0.865. The van der Waals surface area contributed by atoms with Crippen molar-refractivity contribution in [1.29, 1.82) is 0 Å². The average molecular weight is 272 g/mol. The minimum atomic E-state index is -0.842. The summed E-state index contributed by atoms with van der Waals surface area (Å²) < 4.78 is 5.05. The van der Waals surface area contributed by atoms with Crippen LogP contribution in [0.3, 0.4) is 0 Å². The lowest BCUT2D eigenvalue weighted by Crippen LogP contribution is -2.24. The molecule has 2 atom stereocenters. The molecule has 0 amide bonds. The number of aliphatic hydroxyl groups excluding tert-OH is 1. The first-order valence-corrected chi connectivity index (χ1v) is 7.01. The molecular weight excluding hydrogens is 252 g/mol. The molecule has 2 unspecified atom stereocenters. The van der Waals surface area contributed by atoms with Crippen LogP contribution in [-0.2, 0) is 9.53 Å². The number of benzene rings is 2. The van der Waals surface area contributed by atoms with Crippen LogP contribution in [0.25, 0.3) is 10.8 Å². The summed E-state index contributed by atoms with van der Waals surface area (Å²) >= 11 is 0. The number of rotatable bonds is 5. The van der Waals surface area contributed by atoms with Gasteiger partial charge in [0.2, 0.25) is 0 Å². The summed E-state index contributed by atoms with van der Waals surface area (Å²) in [6.45, 7) is 3.99. The third-order valence-electron chi connectivity index (χ3n) is 3.55. The number of hydrogen-bond acceptors (Lipinski definition) is 3. The molecule has 0 spiro atoms. The summed E-state index contributed by atoms with van der Waals surface area (Å²) in [5, 5.41) is 12.6. The Hall–Kier alpha value is -1.87. The molecule has 1 N–H and O–H groups in total. The van der Waals surface area contributed by atoms with Crippen LogP contribution < -0.4 is 0 Å². The third kappa shape index (κ3) is 2.83. The summed E-state index contributed by atoms with van der Waals surface area (Å²) in [7, 11) is 0. The van der Waals surface area contributed by atoms with Crippen molar-refractivity contribution in [2.45, 2.75) is 26.4 Å². The number of fused-ring (bicyclic) bond motifs is 1. The van der Waals surface area contributed by atoms with Crippen molar-refractivity contribution in [2.75, 3.05) is 6.61 Å². The van der Waals surface area contributed by atoms with Crippen molar-refractivity contribution in [1.82, 2.24) is 0 Å². The van der Waals surface area contributed by atoms with Gasteiger partial charge >= 0.3 is 5.97 Å². The van der Waals surface area contributed by atoms with Crippen molar-refractivity contribution < 1.29 is 14.6 Å². The third-order valence-corrected chi connectivity index (χ3v) is 3.55. The molecule has 0 radical (unpaired) electrons. The zero-order chi connectivity index (χ0) is 14.5. The van der Waals surface area contributed by atoms with Crippen molar-refractivity contribution >= 4 is 16.7 Å². The average Bonchev–Trinajstić information content (AvgIpc) is 2.47. The lowest BCUT2D eigenvalue weighted by atomic mass is 9.90. The quantitative estimate of drug-likeness (QED) is 0.848. The molecule has 0 saturated carbocycles. The van der Waals surface area contributed by atoms with Gasteiger partial charge in [0.15, 0.2) is 0 Å². The molecular formula is C17H20O3. The molecule has 2 rings (SSSR count). The summed E-state index contributed by atoms with van der Waals surface area (Å²) in [4.78, 5) is 11.9. The molecule has 2 aromatic rings. The normalized spacial score (nSPS) is 13.9. The van der Waals surface area contributed by atoms with Crippen LogP contribution in [0, 0.1) is 5.92 Å². The summed E-state index contributed by atoms with van der Waals surface area (Å²) in [5.41, 5.74) is 0.781. The van der Waals surface area contributed by atoms with E-state index in [1.54, 1.807) is 6.92 Å². The SMILES string of the molecule is CCOC(=O)C(CC)C(O)c1cccc2ccccc12. The molecule has 0 aliphatic heterocycles. The standard InChI is InChI=1S/C17H20O3/c1-3-13(17(19)20-4-2)16(18)15-11-7-9-12-8-5-6-10-14(12)15/h5-11,13,16,18H,3-4H2,1-2H3. The van der Waals surface area contributed by atoms with E-state index >= 15 is 0 Å². The van der Waals surface area contributed by atoms with Crippen LogP contribution in [0.1, 0.15) is 31.9 Å². The maximum absolute atomic E-state index is 11.9. The molecule has 0 aliphatic carbocycles. The first-order valence-electron chi connectivity index (χ1n) is 7.01. The van der Waals surface area contributed by atoms with Crippen LogP contribution in [0.2, 0.25) is 0 Å². The summed E-state index contributed by atoms with van der Waals surface area (Å²) in [6.07, 6.45) is -0.298. The lowest BCUT2D eigenvalue weighted by molar-refractivity contribution is -0.152. The number of carbonyl (C=O) groups is 1. The molecule has 2 aromatic carbocycles. The fraction of sp³-hybridized carbons (Fsp3) is 0.353. The number of aliphatic hydroxyl groups is 1. The molecule has 106 valence electrons. The molecule has 3 heteroatoms. The Morgan fingerprint density at radius 1 is 1.15 bits per heavy atom. The van der Waals surface area contributed by atoms with Crippen LogP contribution in [-0.4, -0.2) is 17.7 Å². The van der Waals surface area contributed by atoms with Gasteiger partial charge in [0.25, 0.3) is 0 Å². The van der Waals surface area contributed by atoms with Gasteiger partial charge < -0.3 is 9.84 Å². The van der Waals surface area contributed by atoms with E-state index in [4.69, 9.17) is 4.74 Å². The number of esters is 1. The predicted molar refractivity (Wildman–Crippen MR) is 79.3 cm³/mol. The van der Waals surface area contributed by atoms with Crippen LogP contribution >= 0.6 is 0 Å². The molecule has 0 bridgehead atoms. The van der Waals surface area contributed by atoms with Gasteiger partial charge in [-0.15, -0.1) is 0 Å². The molecule has 0 aromatic heterocycles. The fourth-order valence-corrected chi connectivity index (χ4v) is 2.49. The lowest BCUT2D eigenvalue weighted by Gasteiger charge is -2.21. The van der Waals surface area contributed by atoms with Crippen molar-refractivity contribution in [3.05, 3.63) is 48.0 Å². The highest BCUT2D eigenvalue weighted by atomic mass is 16.5. The van der Waals surface area contributed by atoms with E-state index in [-0.39, 0.29) is 5.97 Å². The topological polar surface area (TPSA) is 46.5 Å². The minimum absolute atomic E-state index is 0.331. The van der Waals surface area contributed by atoms with Gasteiger partial charge in [0.1, 0.15) is 0 Å². The largest absolute Gasteiger partial charge is 0.466 e. The second kappa shape index (κ2) is 6.53. The molecule has 3 nitrogen and oxygen atoms in total. The Bertz CT molecular complexity index is 586. The van der Waals surface area contributed by atoms with Gasteiger partial charge in [-0.3, -0.25) is 4.79 Å². The van der Waals surface area contributed by atoms with Crippen molar-refractivity contribution in [3.63, 3.8) is 0 Å². The maximum atomic E-state index is 11.9. The zero-order valence-corrected chi connectivity index (χ0v) is 11.9. The first-order chi connectivity index (χ1) is 9.69. The van der Waals surface area contributed by atoms with E-state index in [1.807, 2.05) is 49.4 Å². The van der Waals surface area contributed by atoms with Gasteiger partial charge in [0, 0.05) is 0 Å².